The van der Waals surface area contributed by atoms with Gasteiger partial charge in [-0.25, -0.2) is 0 Å². The fourth-order valence-electron chi connectivity index (χ4n) is 4.64. The number of H-pyrrole nitrogens is 2. The topological polar surface area (TPSA) is 103 Å². The number of hydrogen-bond acceptors (Lipinski definition) is 6. The highest BCUT2D eigenvalue weighted by atomic mass is 16.5. The van der Waals surface area contributed by atoms with Crippen LogP contribution in [-0.2, 0) is 22.4 Å². The summed E-state index contributed by atoms with van der Waals surface area (Å²) in [7, 11) is 4.45. The third-order valence-electron chi connectivity index (χ3n) is 6.54. The number of fused-ring (bicyclic) bond motifs is 1. The number of carbonyl (C=O) groups is 1. The van der Waals surface area contributed by atoms with Gasteiger partial charge in [0.2, 0.25) is 0 Å². The predicted octanol–water partition coefficient (Wildman–Crippen LogP) is 4.11. The summed E-state index contributed by atoms with van der Waals surface area (Å²) in [5.74, 6) is 1.04. The fraction of sp³-hybridized carbons (Fsp3) is 0.407. The molecule has 1 atom stereocenters. The molecule has 0 radical (unpaired) electrons. The van der Waals surface area contributed by atoms with E-state index in [1.807, 2.05) is 18.2 Å². The molecule has 186 valence electrons. The molecular formula is C27H32N2O6. The van der Waals surface area contributed by atoms with Gasteiger partial charge in [-0.15, -0.1) is 0 Å². The Morgan fingerprint density at radius 2 is 1.83 bits per heavy atom. The Balaban J connectivity index is 1.71. The molecule has 0 saturated heterocycles. The molecule has 2 heterocycles. The van der Waals surface area contributed by atoms with Gasteiger partial charge >= 0.3 is 5.97 Å². The lowest BCUT2D eigenvalue weighted by Crippen LogP contribution is -2.32. The minimum absolute atomic E-state index is 0.00697. The van der Waals surface area contributed by atoms with Gasteiger partial charge in [-0.05, 0) is 61.6 Å². The molecule has 0 fully saturated rings. The van der Waals surface area contributed by atoms with E-state index in [4.69, 9.17) is 18.9 Å². The molecule has 8 nitrogen and oxygen atoms in total. The van der Waals surface area contributed by atoms with Crippen LogP contribution in [0.1, 0.15) is 60.6 Å². The van der Waals surface area contributed by atoms with Crippen LogP contribution in [0.4, 0.5) is 0 Å². The van der Waals surface area contributed by atoms with Crippen molar-refractivity contribution < 1.29 is 23.7 Å². The monoisotopic (exact) mass is 480 g/mol. The van der Waals surface area contributed by atoms with Crippen LogP contribution in [0, 0.1) is 0 Å². The van der Waals surface area contributed by atoms with Gasteiger partial charge in [0, 0.05) is 23.6 Å². The zero-order valence-corrected chi connectivity index (χ0v) is 20.8. The summed E-state index contributed by atoms with van der Waals surface area (Å²) < 4.78 is 21.9. The summed E-state index contributed by atoms with van der Waals surface area (Å²) in [6.45, 7) is 4.19. The zero-order valence-electron chi connectivity index (χ0n) is 20.8. The number of aromatic nitrogens is 2. The van der Waals surface area contributed by atoms with E-state index in [2.05, 4.69) is 30.1 Å². The minimum atomic E-state index is -0.533. The lowest BCUT2D eigenvalue weighted by atomic mass is 9.86. The Hall–Kier alpha value is -3.68. The summed E-state index contributed by atoms with van der Waals surface area (Å²) in [6, 6.07) is 11.5. The van der Waals surface area contributed by atoms with Gasteiger partial charge in [-0.3, -0.25) is 14.7 Å². The van der Waals surface area contributed by atoms with Crippen molar-refractivity contribution >= 4 is 5.97 Å². The molecule has 0 amide bonds. The summed E-state index contributed by atoms with van der Waals surface area (Å²) in [6.07, 6.45) is 2.38. The van der Waals surface area contributed by atoms with E-state index in [1.54, 1.807) is 26.4 Å². The second-order valence-corrected chi connectivity index (χ2v) is 9.40. The molecule has 0 saturated carbocycles. The van der Waals surface area contributed by atoms with E-state index in [9.17, 15) is 9.59 Å². The quantitative estimate of drug-likeness (QED) is 0.471. The molecule has 0 aliphatic carbocycles. The van der Waals surface area contributed by atoms with E-state index >= 15 is 0 Å². The molecule has 1 aromatic heterocycles. The van der Waals surface area contributed by atoms with E-state index in [0.29, 0.717) is 23.5 Å². The van der Waals surface area contributed by atoms with Crippen LogP contribution in [0.25, 0.3) is 0 Å². The van der Waals surface area contributed by atoms with Crippen molar-refractivity contribution in [2.45, 2.75) is 51.0 Å². The Morgan fingerprint density at radius 3 is 2.54 bits per heavy atom. The molecule has 1 aliphatic rings. The van der Waals surface area contributed by atoms with Crippen LogP contribution < -0.4 is 19.8 Å². The lowest BCUT2D eigenvalue weighted by Gasteiger charge is -2.32. The molecule has 2 N–H and O–H groups in total. The van der Waals surface area contributed by atoms with Gasteiger partial charge in [0.25, 0.3) is 5.56 Å². The maximum Gasteiger partial charge on any atom is 0.306 e. The number of ether oxygens (including phenoxy) is 4. The molecule has 35 heavy (non-hydrogen) atoms. The largest absolute Gasteiger partial charge is 0.493 e. The average molecular weight is 481 g/mol. The fourth-order valence-corrected chi connectivity index (χ4v) is 4.64. The van der Waals surface area contributed by atoms with E-state index in [0.717, 1.165) is 41.0 Å². The molecule has 3 aromatic rings. The first-order valence-electron chi connectivity index (χ1n) is 11.6. The molecular weight excluding hydrogens is 448 g/mol. The van der Waals surface area contributed by atoms with Crippen LogP contribution in [0.2, 0.25) is 0 Å². The molecule has 0 spiro atoms. The van der Waals surface area contributed by atoms with Crippen molar-refractivity contribution in [2.24, 2.45) is 0 Å². The molecule has 1 aliphatic heterocycles. The Morgan fingerprint density at radius 1 is 1.06 bits per heavy atom. The lowest BCUT2D eigenvalue weighted by molar-refractivity contribution is -0.140. The number of carbonyl (C=O) groups excluding carboxylic acids is 1. The molecule has 8 heteroatoms. The third-order valence-corrected chi connectivity index (χ3v) is 6.54. The van der Waals surface area contributed by atoms with Crippen molar-refractivity contribution in [3.63, 3.8) is 0 Å². The number of aryl methyl sites for hydroxylation is 1. The van der Waals surface area contributed by atoms with E-state index in [1.165, 1.54) is 7.11 Å². The number of aromatic amines is 2. The number of nitrogens with one attached hydrogen (secondary N) is 2. The van der Waals surface area contributed by atoms with E-state index < -0.39 is 11.9 Å². The van der Waals surface area contributed by atoms with Crippen molar-refractivity contribution in [3.05, 3.63) is 74.7 Å². The Kier molecular flexibility index (Phi) is 6.91. The van der Waals surface area contributed by atoms with Gasteiger partial charge in [0.05, 0.1) is 27.8 Å². The third kappa shape index (κ3) is 5.21. The maximum atomic E-state index is 13.0. The van der Waals surface area contributed by atoms with Gasteiger partial charge in [-0.2, -0.15) is 0 Å². The maximum absolute atomic E-state index is 13.0. The molecule has 0 bridgehead atoms. The van der Waals surface area contributed by atoms with Crippen LogP contribution in [-0.4, -0.2) is 43.1 Å². The first-order chi connectivity index (χ1) is 16.7. The average Bonchev–Trinajstić information content (AvgIpc) is 3.20. The van der Waals surface area contributed by atoms with Crippen molar-refractivity contribution in [3.8, 4) is 17.2 Å². The zero-order chi connectivity index (χ0) is 25.2. The van der Waals surface area contributed by atoms with Crippen molar-refractivity contribution in [1.29, 1.82) is 0 Å². The summed E-state index contributed by atoms with van der Waals surface area (Å²) in [5, 5.41) is 5.74. The number of esters is 1. The Bertz CT molecular complexity index is 1270. The number of hydrogen-bond donors (Lipinski definition) is 2. The highest BCUT2D eigenvalue weighted by Crippen LogP contribution is 2.37. The predicted molar refractivity (Wildman–Crippen MR) is 132 cm³/mol. The standard InChI is InChI=1S/C27H32N2O6/c1-27(2)11-10-18-12-16(6-8-21(18)35-27)13-20-25(26(31)29-28-20)19(15-24(30)34-5)17-7-9-22(32-3)23(14-17)33-4/h6-9,12,14,19H,10-11,13,15H2,1-5H3,(H2,28,29,31)/t19-/m0/s1. The SMILES string of the molecule is COC(=O)C[C@@H](c1ccc(OC)c(OC)c1)c1c(Cc2ccc3c(c2)CCC(C)(C)O3)[nH][nH]c1=O. The van der Waals surface area contributed by atoms with Gasteiger partial charge in [0.1, 0.15) is 11.4 Å². The van der Waals surface area contributed by atoms with Gasteiger partial charge in [-0.1, -0.05) is 18.2 Å². The number of benzene rings is 2. The van der Waals surface area contributed by atoms with Crippen LogP contribution in [0.15, 0.2) is 41.2 Å². The number of methoxy groups -OCH3 is 3. The first-order valence-corrected chi connectivity index (χ1v) is 11.6. The summed E-state index contributed by atoms with van der Waals surface area (Å²) in [4.78, 5) is 25.3. The van der Waals surface area contributed by atoms with Crippen molar-refractivity contribution in [1.82, 2.24) is 10.2 Å². The van der Waals surface area contributed by atoms with Crippen molar-refractivity contribution in [2.75, 3.05) is 21.3 Å². The molecule has 4 rings (SSSR count). The Labute approximate surface area is 204 Å². The normalized spacial score (nSPS) is 15.0. The molecule has 2 aromatic carbocycles. The highest BCUT2D eigenvalue weighted by Gasteiger charge is 2.29. The second-order valence-electron chi connectivity index (χ2n) is 9.40. The minimum Gasteiger partial charge on any atom is -0.493 e. The number of rotatable bonds is 8. The smallest absolute Gasteiger partial charge is 0.306 e. The van der Waals surface area contributed by atoms with Crippen LogP contribution in [0.3, 0.4) is 0 Å². The van der Waals surface area contributed by atoms with Gasteiger partial charge in [0.15, 0.2) is 11.5 Å². The summed E-state index contributed by atoms with van der Waals surface area (Å²) in [5.41, 5.74) is 3.73. The van der Waals surface area contributed by atoms with Crippen LogP contribution in [0.5, 0.6) is 17.2 Å². The summed E-state index contributed by atoms with van der Waals surface area (Å²) >= 11 is 0. The second kappa shape index (κ2) is 9.90. The highest BCUT2D eigenvalue weighted by molar-refractivity contribution is 5.71. The van der Waals surface area contributed by atoms with E-state index in [-0.39, 0.29) is 17.6 Å². The first kappa shape index (κ1) is 24.4. The van der Waals surface area contributed by atoms with Crippen LogP contribution >= 0.6 is 0 Å². The van der Waals surface area contributed by atoms with Gasteiger partial charge < -0.3 is 24.0 Å². The molecule has 0 unspecified atom stereocenters.